The number of nitrogens with one attached hydrogen (secondary N) is 2. The van der Waals surface area contributed by atoms with Crippen LogP contribution < -0.4 is 22.1 Å². The Morgan fingerprint density at radius 3 is 1.52 bits per heavy atom. The molecule has 11 heteroatoms. The van der Waals surface area contributed by atoms with E-state index in [2.05, 4.69) is 10.6 Å². The molecule has 144 valence electrons. The minimum atomic E-state index is -1.21. The summed E-state index contributed by atoms with van der Waals surface area (Å²) >= 11 is -1.21. The zero-order chi connectivity index (χ0) is 19.2. The third-order valence-electron chi connectivity index (χ3n) is 2.95. The molecule has 0 rings (SSSR count). The van der Waals surface area contributed by atoms with Crippen LogP contribution in [-0.4, -0.2) is 64.5 Å². The summed E-state index contributed by atoms with van der Waals surface area (Å²) in [6.45, 7) is 4.56. The van der Waals surface area contributed by atoms with Crippen LogP contribution in [-0.2, 0) is 26.8 Å². The summed E-state index contributed by atoms with van der Waals surface area (Å²) in [6, 6.07) is -1.95. The third-order valence-corrected chi connectivity index (χ3v) is 3.93. The van der Waals surface area contributed by atoms with E-state index in [1.165, 1.54) is 0 Å². The summed E-state index contributed by atoms with van der Waals surface area (Å²) in [5.41, 5.74) is 11.2. The molecule has 0 saturated heterocycles. The quantitative estimate of drug-likeness (QED) is 0.263. The first-order chi connectivity index (χ1) is 11.8. The Morgan fingerprint density at radius 1 is 0.840 bits per heavy atom. The van der Waals surface area contributed by atoms with Crippen molar-refractivity contribution in [2.24, 2.45) is 11.5 Å². The van der Waals surface area contributed by atoms with E-state index in [0.717, 1.165) is 0 Å². The van der Waals surface area contributed by atoms with Gasteiger partial charge in [-0.05, 0) is 0 Å². The SMILES string of the molecule is CCNC(=O)CC[C@H](N)C(=O)O[Se]OC(=O)[C@@H](N)CCC(=O)NCC. The molecule has 0 spiro atoms. The van der Waals surface area contributed by atoms with Crippen molar-refractivity contribution in [1.82, 2.24) is 10.6 Å². The molecule has 0 heterocycles. The van der Waals surface area contributed by atoms with E-state index < -0.39 is 39.6 Å². The van der Waals surface area contributed by atoms with E-state index in [4.69, 9.17) is 19.1 Å². The molecular weight excluding hydrogens is 399 g/mol. The first-order valence-electron chi connectivity index (χ1n) is 7.95. The molecule has 0 radical (unpaired) electrons. The number of rotatable bonds is 12. The van der Waals surface area contributed by atoms with Gasteiger partial charge in [0.05, 0.1) is 0 Å². The van der Waals surface area contributed by atoms with Crippen LogP contribution in [0, 0.1) is 0 Å². The van der Waals surface area contributed by atoms with Crippen molar-refractivity contribution >= 4 is 39.4 Å². The van der Waals surface area contributed by atoms with Gasteiger partial charge in [-0.3, -0.25) is 0 Å². The molecule has 0 fully saturated rings. The Hall–Kier alpha value is -1.68. The van der Waals surface area contributed by atoms with Gasteiger partial charge < -0.3 is 0 Å². The number of hydrogen-bond donors (Lipinski definition) is 4. The maximum atomic E-state index is 11.6. The molecule has 2 atom stereocenters. The Labute approximate surface area is 153 Å². The summed E-state index contributed by atoms with van der Waals surface area (Å²) in [5.74, 6) is -1.93. The van der Waals surface area contributed by atoms with Crippen molar-refractivity contribution < 1.29 is 26.8 Å². The number of amides is 2. The van der Waals surface area contributed by atoms with Crippen LogP contribution in [0.15, 0.2) is 0 Å². The summed E-state index contributed by atoms with van der Waals surface area (Å²) in [5, 5.41) is 5.17. The molecule has 0 saturated carbocycles. The number of carbonyl (C=O) groups excluding carboxylic acids is 4. The molecule has 0 aliphatic rings. The van der Waals surface area contributed by atoms with Crippen LogP contribution in [0.3, 0.4) is 0 Å². The Bertz CT molecular complexity index is 423. The number of nitrogens with two attached hydrogens (primary N) is 2. The fourth-order valence-corrected chi connectivity index (χ4v) is 2.46. The van der Waals surface area contributed by atoms with Crippen LogP contribution in [0.2, 0.25) is 0 Å². The predicted octanol–water partition coefficient (Wildman–Crippen LogP) is -1.91. The molecule has 10 nitrogen and oxygen atoms in total. The Kier molecular flexibility index (Phi) is 12.7. The summed E-state index contributed by atoms with van der Waals surface area (Å²) in [6.07, 6.45) is 0.449. The predicted molar refractivity (Wildman–Crippen MR) is 89.7 cm³/mol. The van der Waals surface area contributed by atoms with Gasteiger partial charge >= 0.3 is 153 Å². The average molecular weight is 425 g/mol. The van der Waals surface area contributed by atoms with Crippen LogP contribution >= 0.6 is 0 Å². The van der Waals surface area contributed by atoms with Crippen LogP contribution in [0.1, 0.15) is 39.5 Å². The molecule has 25 heavy (non-hydrogen) atoms. The van der Waals surface area contributed by atoms with Gasteiger partial charge in [0.25, 0.3) is 0 Å². The minimum absolute atomic E-state index is 0.0988. The second-order valence-corrected chi connectivity index (χ2v) is 6.05. The molecule has 6 N–H and O–H groups in total. The summed E-state index contributed by atoms with van der Waals surface area (Å²) in [7, 11) is 0. The van der Waals surface area contributed by atoms with E-state index in [-0.39, 0.29) is 37.5 Å². The molecule has 2 amide bonds. The van der Waals surface area contributed by atoms with Gasteiger partial charge in [-0.1, -0.05) is 0 Å². The van der Waals surface area contributed by atoms with Crippen molar-refractivity contribution in [2.75, 3.05) is 13.1 Å². The van der Waals surface area contributed by atoms with E-state index >= 15 is 0 Å². The topological polar surface area (TPSA) is 163 Å². The molecule has 0 aromatic rings. The standard InChI is InChI=1S/C14H26N4O6Se/c1-3-17-11(19)7-5-9(15)13(21)23-25-24-14(22)10(16)6-8-12(20)18-4-2/h9-10H,3-8,15-16H2,1-2H3,(H,17,19)(H,18,20)/t9-,10-/m0/s1. The second-order valence-electron chi connectivity index (χ2n) is 5.07. The monoisotopic (exact) mass is 426 g/mol. The molecule has 0 aliphatic heterocycles. The first kappa shape index (κ1) is 23.3. The van der Waals surface area contributed by atoms with E-state index in [0.29, 0.717) is 13.1 Å². The first-order valence-corrected chi connectivity index (χ1v) is 9.35. The summed E-state index contributed by atoms with van der Waals surface area (Å²) in [4.78, 5) is 45.8. The van der Waals surface area contributed by atoms with Gasteiger partial charge in [-0.25, -0.2) is 0 Å². The van der Waals surface area contributed by atoms with Gasteiger partial charge in [0.2, 0.25) is 0 Å². The van der Waals surface area contributed by atoms with E-state index in [1.54, 1.807) is 13.8 Å². The molecule has 0 aromatic carbocycles. The third kappa shape index (κ3) is 11.5. The Balaban J connectivity index is 3.95. The van der Waals surface area contributed by atoms with Gasteiger partial charge in [-0.2, -0.15) is 0 Å². The van der Waals surface area contributed by atoms with Crippen LogP contribution in [0.4, 0.5) is 0 Å². The van der Waals surface area contributed by atoms with Crippen molar-refractivity contribution in [1.29, 1.82) is 0 Å². The molecule has 0 aromatic heterocycles. The van der Waals surface area contributed by atoms with Crippen LogP contribution in [0.5, 0.6) is 0 Å². The van der Waals surface area contributed by atoms with Gasteiger partial charge in [0, 0.05) is 0 Å². The fraction of sp³-hybridized carbons (Fsp3) is 0.714. The summed E-state index contributed by atoms with van der Waals surface area (Å²) < 4.78 is 9.54. The van der Waals surface area contributed by atoms with E-state index in [1.807, 2.05) is 0 Å². The fourth-order valence-electron chi connectivity index (χ4n) is 1.59. The van der Waals surface area contributed by atoms with E-state index in [9.17, 15) is 19.2 Å². The molecular formula is C14H26N4O6Se. The average Bonchev–Trinajstić information content (AvgIpc) is 2.57. The number of carbonyl (C=O) groups is 4. The van der Waals surface area contributed by atoms with Gasteiger partial charge in [0.15, 0.2) is 0 Å². The van der Waals surface area contributed by atoms with Gasteiger partial charge in [-0.15, -0.1) is 0 Å². The molecule has 0 aliphatic carbocycles. The van der Waals surface area contributed by atoms with Crippen LogP contribution in [0.25, 0.3) is 0 Å². The van der Waals surface area contributed by atoms with Crippen molar-refractivity contribution in [3.63, 3.8) is 0 Å². The maximum absolute atomic E-state index is 11.6. The van der Waals surface area contributed by atoms with Crippen molar-refractivity contribution in [2.45, 2.75) is 51.6 Å². The molecule has 0 bridgehead atoms. The zero-order valence-corrected chi connectivity index (χ0v) is 16.1. The Morgan fingerprint density at radius 2 is 1.20 bits per heavy atom. The van der Waals surface area contributed by atoms with Gasteiger partial charge in [0.1, 0.15) is 0 Å². The molecule has 0 unspecified atom stereocenters. The van der Waals surface area contributed by atoms with Crippen molar-refractivity contribution in [3.8, 4) is 0 Å². The second kappa shape index (κ2) is 13.6. The normalized spacial score (nSPS) is 12.6. The zero-order valence-electron chi connectivity index (χ0n) is 14.4. The number of hydrogen-bond acceptors (Lipinski definition) is 8. The van der Waals surface area contributed by atoms with Crippen molar-refractivity contribution in [3.05, 3.63) is 0 Å².